The molecule has 4 nitrogen and oxygen atoms in total. The van der Waals surface area contributed by atoms with E-state index in [4.69, 9.17) is 5.73 Å². The highest BCUT2D eigenvalue weighted by Crippen LogP contribution is 2.13. The largest absolute Gasteiger partial charge is 0.464 e. The van der Waals surface area contributed by atoms with Crippen LogP contribution in [0.25, 0.3) is 0 Å². The van der Waals surface area contributed by atoms with Crippen molar-refractivity contribution in [2.45, 2.75) is 13.5 Å². The Bertz CT molecular complexity index is 336. The first-order valence-corrected chi connectivity index (χ1v) is 5.96. The predicted octanol–water partition coefficient (Wildman–Crippen LogP) is 1.61. The number of hydrogen-bond donors (Lipinski definition) is 1. The Labute approximate surface area is 93.8 Å². The number of ether oxygens (including phenoxy) is 1. The van der Waals surface area contributed by atoms with Crippen molar-refractivity contribution in [1.82, 2.24) is 4.57 Å². The lowest BCUT2D eigenvalue weighted by molar-refractivity contribution is 0.0589. The van der Waals surface area contributed by atoms with E-state index < -0.39 is 0 Å². The van der Waals surface area contributed by atoms with Gasteiger partial charge in [0.05, 0.1) is 12.8 Å². The Hall–Kier alpha value is -1.10. The van der Waals surface area contributed by atoms with Gasteiger partial charge in [-0.3, -0.25) is 0 Å². The Morgan fingerprint density at radius 1 is 1.67 bits per heavy atom. The molecule has 1 aromatic rings. The summed E-state index contributed by atoms with van der Waals surface area (Å²) in [5.74, 6) is 1.70. The van der Waals surface area contributed by atoms with Crippen molar-refractivity contribution in [3.8, 4) is 0 Å². The fourth-order valence-corrected chi connectivity index (χ4v) is 1.91. The maximum atomic E-state index is 11.4. The molecular weight excluding hydrogens is 212 g/mol. The number of aromatic nitrogens is 1. The molecule has 1 rings (SSSR count). The van der Waals surface area contributed by atoms with Crippen molar-refractivity contribution >= 4 is 23.4 Å². The van der Waals surface area contributed by atoms with Crippen LogP contribution in [0.4, 0.5) is 5.69 Å². The van der Waals surface area contributed by atoms with Crippen molar-refractivity contribution in [1.29, 1.82) is 0 Å². The van der Waals surface area contributed by atoms with Crippen LogP contribution in [0.15, 0.2) is 12.3 Å². The highest BCUT2D eigenvalue weighted by atomic mass is 32.2. The fourth-order valence-electron chi connectivity index (χ4n) is 1.30. The standard InChI is InChI=1S/C10H16N2O2S/c1-3-15-5-4-12-7-8(11)6-9(12)10(13)14-2/h6-7H,3-5,11H2,1-2H3. The summed E-state index contributed by atoms with van der Waals surface area (Å²) in [6.07, 6.45) is 1.77. The van der Waals surface area contributed by atoms with E-state index in [0.29, 0.717) is 11.4 Å². The number of thioether (sulfide) groups is 1. The molecule has 0 aliphatic rings. The predicted molar refractivity (Wildman–Crippen MR) is 63.2 cm³/mol. The van der Waals surface area contributed by atoms with E-state index in [9.17, 15) is 4.79 Å². The van der Waals surface area contributed by atoms with Crippen LogP contribution in [0.3, 0.4) is 0 Å². The zero-order chi connectivity index (χ0) is 11.3. The van der Waals surface area contributed by atoms with Crippen molar-refractivity contribution in [2.75, 3.05) is 24.3 Å². The smallest absolute Gasteiger partial charge is 0.354 e. The molecule has 0 bridgehead atoms. The second-order valence-electron chi connectivity index (χ2n) is 3.04. The molecule has 0 aliphatic carbocycles. The first-order valence-electron chi connectivity index (χ1n) is 4.80. The van der Waals surface area contributed by atoms with Crippen LogP contribution in [0.2, 0.25) is 0 Å². The van der Waals surface area contributed by atoms with Gasteiger partial charge in [0.15, 0.2) is 0 Å². The van der Waals surface area contributed by atoms with E-state index in [0.717, 1.165) is 18.1 Å². The van der Waals surface area contributed by atoms with Crippen LogP contribution in [0.5, 0.6) is 0 Å². The molecule has 5 heteroatoms. The minimum Gasteiger partial charge on any atom is -0.464 e. The van der Waals surface area contributed by atoms with Gasteiger partial charge in [0.25, 0.3) is 0 Å². The Morgan fingerprint density at radius 3 is 3.00 bits per heavy atom. The lowest BCUT2D eigenvalue weighted by atomic mass is 10.4. The zero-order valence-corrected chi connectivity index (χ0v) is 9.84. The zero-order valence-electron chi connectivity index (χ0n) is 9.03. The van der Waals surface area contributed by atoms with Crippen molar-refractivity contribution < 1.29 is 9.53 Å². The lowest BCUT2D eigenvalue weighted by Crippen LogP contribution is -2.11. The number of hydrogen-bond acceptors (Lipinski definition) is 4. The summed E-state index contributed by atoms with van der Waals surface area (Å²) < 4.78 is 6.51. The van der Waals surface area contributed by atoms with E-state index >= 15 is 0 Å². The topological polar surface area (TPSA) is 57.2 Å². The van der Waals surface area contributed by atoms with E-state index in [-0.39, 0.29) is 5.97 Å². The molecule has 0 radical (unpaired) electrons. The van der Waals surface area contributed by atoms with Gasteiger partial charge in [-0.15, -0.1) is 0 Å². The van der Waals surface area contributed by atoms with Gasteiger partial charge in [-0.2, -0.15) is 11.8 Å². The molecule has 0 spiro atoms. The molecule has 0 aromatic carbocycles. The molecule has 0 saturated carbocycles. The van der Waals surface area contributed by atoms with Crippen molar-refractivity contribution in [2.24, 2.45) is 0 Å². The number of anilines is 1. The molecule has 0 amide bonds. The van der Waals surface area contributed by atoms with Crippen LogP contribution in [-0.4, -0.2) is 29.2 Å². The molecule has 1 heterocycles. The highest BCUT2D eigenvalue weighted by molar-refractivity contribution is 7.99. The lowest BCUT2D eigenvalue weighted by Gasteiger charge is -2.06. The van der Waals surface area contributed by atoms with Crippen LogP contribution < -0.4 is 5.73 Å². The monoisotopic (exact) mass is 228 g/mol. The number of nitrogen functional groups attached to an aromatic ring is 1. The summed E-state index contributed by atoms with van der Waals surface area (Å²) in [5.41, 5.74) is 6.76. The Kier molecular flexibility index (Phi) is 4.55. The van der Waals surface area contributed by atoms with Crippen LogP contribution in [0, 0.1) is 0 Å². The first kappa shape index (κ1) is 12.0. The van der Waals surface area contributed by atoms with Gasteiger partial charge in [-0.25, -0.2) is 4.79 Å². The van der Waals surface area contributed by atoms with Gasteiger partial charge >= 0.3 is 5.97 Å². The Balaban J connectivity index is 2.72. The van der Waals surface area contributed by atoms with Gasteiger partial charge in [0, 0.05) is 18.5 Å². The van der Waals surface area contributed by atoms with Crippen LogP contribution >= 0.6 is 11.8 Å². The molecule has 0 fully saturated rings. The third kappa shape index (κ3) is 3.20. The number of nitrogens with zero attached hydrogens (tertiary/aromatic N) is 1. The number of nitrogens with two attached hydrogens (primary N) is 1. The Morgan fingerprint density at radius 2 is 2.40 bits per heavy atom. The number of rotatable bonds is 5. The molecule has 15 heavy (non-hydrogen) atoms. The number of carbonyl (C=O) groups excluding carboxylic acids is 1. The third-order valence-electron chi connectivity index (χ3n) is 1.99. The summed E-state index contributed by atoms with van der Waals surface area (Å²) in [7, 11) is 1.37. The SMILES string of the molecule is CCSCCn1cc(N)cc1C(=O)OC. The maximum Gasteiger partial charge on any atom is 0.354 e. The van der Waals surface area contributed by atoms with E-state index in [1.165, 1.54) is 7.11 Å². The van der Waals surface area contributed by atoms with Crippen molar-refractivity contribution in [3.63, 3.8) is 0 Å². The third-order valence-corrected chi connectivity index (χ3v) is 2.87. The first-order chi connectivity index (χ1) is 7.19. The summed E-state index contributed by atoms with van der Waals surface area (Å²) in [4.78, 5) is 11.4. The molecule has 84 valence electrons. The average molecular weight is 228 g/mol. The number of esters is 1. The molecule has 1 aromatic heterocycles. The molecule has 0 unspecified atom stereocenters. The average Bonchev–Trinajstić information content (AvgIpc) is 2.59. The van der Waals surface area contributed by atoms with Gasteiger partial charge in [0.1, 0.15) is 5.69 Å². The maximum absolute atomic E-state index is 11.4. The number of methoxy groups -OCH3 is 1. The van der Waals surface area contributed by atoms with E-state index in [2.05, 4.69) is 11.7 Å². The summed E-state index contributed by atoms with van der Waals surface area (Å²) in [5, 5.41) is 0. The van der Waals surface area contributed by atoms with E-state index in [1.807, 2.05) is 16.3 Å². The van der Waals surface area contributed by atoms with Crippen molar-refractivity contribution in [3.05, 3.63) is 18.0 Å². The quantitative estimate of drug-likeness (QED) is 0.614. The summed E-state index contributed by atoms with van der Waals surface area (Å²) in [6.45, 7) is 2.88. The molecule has 2 N–H and O–H groups in total. The van der Waals surface area contributed by atoms with Gasteiger partial charge in [0.2, 0.25) is 0 Å². The van der Waals surface area contributed by atoms with Crippen LogP contribution in [0.1, 0.15) is 17.4 Å². The minimum atomic E-state index is -0.340. The van der Waals surface area contributed by atoms with Gasteiger partial charge in [-0.05, 0) is 11.8 Å². The molecule has 0 saturated heterocycles. The number of carbonyl (C=O) groups is 1. The molecule has 0 aliphatic heterocycles. The minimum absolute atomic E-state index is 0.340. The summed E-state index contributed by atoms with van der Waals surface area (Å²) >= 11 is 1.83. The molecular formula is C10H16N2O2S. The molecule has 0 atom stereocenters. The van der Waals surface area contributed by atoms with E-state index in [1.54, 1.807) is 12.3 Å². The van der Waals surface area contributed by atoms with Gasteiger partial charge in [-0.1, -0.05) is 6.92 Å². The van der Waals surface area contributed by atoms with Gasteiger partial charge < -0.3 is 15.0 Å². The van der Waals surface area contributed by atoms with Crippen LogP contribution in [-0.2, 0) is 11.3 Å². The second-order valence-corrected chi connectivity index (χ2v) is 4.43. The highest BCUT2D eigenvalue weighted by Gasteiger charge is 2.12. The summed E-state index contributed by atoms with van der Waals surface area (Å²) in [6, 6.07) is 1.64. The fraction of sp³-hybridized carbons (Fsp3) is 0.500. The number of aryl methyl sites for hydroxylation is 1. The second kappa shape index (κ2) is 5.70. The normalized spacial score (nSPS) is 10.3.